The van der Waals surface area contributed by atoms with E-state index in [0.29, 0.717) is 31.6 Å². The van der Waals surface area contributed by atoms with E-state index < -0.39 is 0 Å². The number of hydrogen-bond donors (Lipinski definition) is 2. The Morgan fingerprint density at radius 2 is 1.86 bits per heavy atom. The molecule has 7 heteroatoms. The lowest BCUT2D eigenvalue weighted by molar-refractivity contribution is -0.128. The van der Waals surface area contributed by atoms with E-state index in [1.807, 2.05) is 0 Å². The Bertz CT molecular complexity index is 505. The average Bonchev–Trinajstić information content (AvgIpc) is 2.46. The van der Waals surface area contributed by atoms with Gasteiger partial charge in [0.1, 0.15) is 5.71 Å². The summed E-state index contributed by atoms with van der Waals surface area (Å²) in [7, 11) is 0. The number of piperidine rings is 1. The van der Waals surface area contributed by atoms with Crippen molar-refractivity contribution in [3.63, 3.8) is 0 Å². The summed E-state index contributed by atoms with van der Waals surface area (Å²) in [6.07, 6.45) is 5.46. The summed E-state index contributed by atoms with van der Waals surface area (Å²) in [6, 6.07) is 0.171. The molecule has 1 saturated carbocycles. The highest BCUT2D eigenvalue weighted by molar-refractivity contribution is 6.39. The molecule has 0 bridgehead atoms. The smallest absolute Gasteiger partial charge is 0.270 e. The van der Waals surface area contributed by atoms with Crippen LogP contribution in [0.25, 0.3) is 0 Å². The predicted octanol–water partition coefficient (Wildman–Crippen LogP) is 0.160. The van der Waals surface area contributed by atoms with Gasteiger partial charge in [0.05, 0.1) is 0 Å². The van der Waals surface area contributed by atoms with E-state index in [1.54, 1.807) is 4.90 Å². The van der Waals surface area contributed by atoms with Crippen LogP contribution in [0.2, 0.25) is 0 Å². The number of hydrogen-bond acceptors (Lipinski definition) is 4. The molecule has 7 nitrogen and oxygen atoms in total. The van der Waals surface area contributed by atoms with Gasteiger partial charge >= 0.3 is 0 Å². The van der Waals surface area contributed by atoms with Crippen molar-refractivity contribution in [3.05, 3.63) is 0 Å². The van der Waals surface area contributed by atoms with E-state index in [9.17, 15) is 14.4 Å². The third kappa shape index (κ3) is 3.28. The van der Waals surface area contributed by atoms with Gasteiger partial charge in [0.25, 0.3) is 5.91 Å². The highest BCUT2D eigenvalue weighted by Crippen LogP contribution is 2.26. The number of amides is 3. The fourth-order valence-electron chi connectivity index (χ4n) is 3.03. The van der Waals surface area contributed by atoms with Gasteiger partial charge in [0.15, 0.2) is 0 Å². The minimum absolute atomic E-state index is 0.0937. The van der Waals surface area contributed by atoms with Gasteiger partial charge in [0.2, 0.25) is 11.8 Å². The first-order chi connectivity index (χ1) is 10.6. The van der Waals surface area contributed by atoms with Crippen LogP contribution in [0.4, 0.5) is 0 Å². The Hall–Kier alpha value is -1.92. The molecule has 2 heterocycles. The van der Waals surface area contributed by atoms with E-state index in [4.69, 9.17) is 0 Å². The molecule has 1 saturated heterocycles. The molecule has 0 atom stereocenters. The number of carbonyl (C=O) groups excluding carboxylic acids is 3. The molecule has 3 rings (SSSR count). The largest absolute Gasteiger partial charge is 0.353 e. The maximum Gasteiger partial charge on any atom is 0.270 e. The van der Waals surface area contributed by atoms with E-state index >= 15 is 0 Å². The van der Waals surface area contributed by atoms with Gasteiger partial charge in [-0.2, -0.15) is 5.10 Å². The highest BCUT2D eigenvalue weighted by atomic mass is 16.2. The van der Waals surface area contributed by atoms with Crippen LogP contribution in [0.5, 0.6) is 0 Å². The van der Waals surface area contributed by atoms with E-state index in [-0.39, 0.29) is 29.7 Å². The second-order valence-electron chi connectivity index (χ2n) is 6.30. The predicted molar refractivity (Wildman–Crippen MR) is 79.9 cm³/mol. The molecule has 0 unspecified atom stereocenters. The van der Waals surface area contributed by atoms with Crippen LogP contribution < -0.4 is 10.7 Å². The number of nitrogens with zero attached hydrogens (tertiary/aromatic N) is 2. The molecule has 0 radical (unpaired) electrons. The van der Waals surface area contributed by atoms with Gasteiger partial charge in [-0.25, -0.2) is 5.43 Å². The lowest BCUT2D eigenvalue weighted by atomic mass is 9.84. The van der Waals surface area contributed by atoms with Crippen molar-refractivity contribution >= 4 is 23.4 Å². The van der Waals surface area contributed by atoms with Crippen LogP contribution >= 0.6 is 0 Å². The summed E-state index contributed by atoms with van der Waals surface area (Å²) >= 11 is 0. The SMILES string of the molecule is O=C1CCC(C(=O)N2CCC(NC(=O)C3CCC3)CC2)=NN1. The van der Waals surface area contributed by atoms with Crippen LogP contribution in [-0.4, -0.2) is 47.5 Å². The number of hydrazone groups is 1. The van der Waals surface area contributed by atoms with Gasteiger partial charge in [-0.05, 0) is 25.7 Å². The van der Waals surface area contributed by atoms with Gasteiger partial charge in [-0.3, -0.25) is 14.4 Å². The topological polar surface area (TPSA) is 90.9 Å². The van der Waals surface area contributed by atoms with E-state index in [2.05, 4.69) is 15.8 Å². The summed E-state index contributed by atoms with van der Waals surface area (Å²) in [4.78, 5) is 37.1. The molecule has 22 heavy (non-hydrogen) atoms. The van der Waals surface area contributed by atoms with Crippen molar-refractivity contribution in [2.45, 2.75) is 51.0 Å². The van der Waals surface area contributed by atoms with Gasteiger partial charge < -0.3 is 10.2 Å². The molecule has 2 aliphatic heterocycles. The maximum absolute atomic E-state index is 12.3. The highest BCUT2D eigenvalue weighted by Gasteiger charge is 2.30. The first-order valence-electron chi connectivity index (χ1n) is 8.08. The summed E-state index contributed by atoms with van der Waals surface area (Å²) in [5.41, 5.74) is 2.78. The van der Waals surface area contributed by atoms with Gasteiger partial charge in [0, 0.05) is 37.9 Å². The molecule has 0 aromatic carbocycles. The molecule has 2 N–H and O–H groups in total. The van der Waals surface area contributed by atoms with E-state index in [1.165, 1.54) is 0 Å². The van der Waals surface area contributed by atoms with E-state index in [0.717, 1.165) is 32.1 Å². The molecule has 0 spiro atoms. The van der Waals surface area contributed by atoms with Crippen LogP contribution in [0.1, 0.15) is 44.9 Å². The summed E-state index contributed by atoms with van der Waals surface area (Å²) in [5.74, 6) is 0.146. The lowest BCUT2D eigenvalue weighted by Gasteiger charge is -2.34. The number of nitrogens with one attached hydrogen (secondary N) is 2. The molecule has 120 valence electrons. The molecule has 0 aromatic rings. The fourth-order valence-corrected chi connectivity index (χ4v) is 3.03. The minimum Gasteiger partial charge on any atom is -0.353 e. The van der Waals surface area contributed by atoms with Crippen LogP contribution in [-0.2, 0) is 14.4 Å². The first-order valence-corrected chi connectivity index (χ1v) is 8.08. The first kappa shape index (κ1) is 15.0. The number of rotatable bonds is 3. The molecule has 1 aliphatic carbocycles. The van der Waals surface area contributed by atoms with Crippen molar-refractivity contribution in [2.75, 3.05) is 13.1 Å². The van der Waals surface area contributed by atoms with Crippen molar-refractivity contribution in [1.29, 1.82) is 0 Å². The van der Waals surface area contributed by atoms with Crippen molar-refractivity contribution in [1.82, 2.24) is 15.6 Å². The fraction of sp³-hybridized carbons (Fsp3) is 0.733. The lowest BCUT2D eigenvalue weighted by Crippen LogP contribution is -2.50. The van der Waals surface area contributed by atoms with Gasteiger partial charge in [-0.1, -0.05) is 6.42 Å². The Labute approximate surface area is 129 Å². The zero-order valence-electron chi connectivity index (χ0n) is 12.6. The summed E-state index contributed by atoms with van der Waals surface area (Å²) < 4.78 is 0. The molecule has 2 fully saturated rings. The third-order valence-electron chi connectivity index (χ3n) is 4.76. The summed E-state index contributed by atoms with van der Waals surface area (Å²) in [6.45, 7) is 1.25. The standard InChI is InChI=1S/C15H22N4O3/c20-13-5-4-12(17-18-13)15(22)19-8-6-11(7-9-19)16-14(21)10-2-1-3-10/h10-11H,1-9H2,(H,16,21)(H,18,20). The third-order valence-corrected chi connectivity index (χ3v) is 4.76. The Morgan fingerprint density at radius 3 is 2.41 bits per heavy atom. The molecule has 3 aliphatic rings. The molecule has 0 aromatic heterocycles. The van der Waals surface area contributed by atoms with Gasteiger partial charge in [-0.15, -0.1) is 0 Å². The summed E-state index contributed by atoms with van der Waals surface area (Å²) in [5, 5.41) is 6.95. The van der Waals surface area contributed by atoms with Crippen molar-refractivity contribution in [2.24, 2.45) is 11.0 Å². The van der Waals surface area contributed by atoms with Crippen LogP contribution in [0, 0.1) is 5.92 Å². The maximum atomic E-state index is 12.3. The zero-order valence-corrected chi connectivity index (χ0v) is 12.6. The van der Waals surface area contributed by atoms with Crippen molar-refractivity contribution < 1.29 is 14.4 Å². The average molecular weight is 306 g/mol. The van der Waals surface area contributed by atoms with Crippen LogP contribution in [0.15, 0.2) is 5.10 Å². The normalized spacial score (nSPS) is 23.4. The molecule has 3 amide bonds. The second-order valence-corrected chi connectivity index (χ2v) is 6.30. The monoisotopic (exact) mass is 306 g/mol. The minimum atomic E-state index is -0.144. The molecular formula is C15H22N4O3. The van der Waals surface area contributed by atoms with Crippen molar-refractivity contribution in [3.8, 4) is 0 Å². The Balaban J connectivity index is 1.46. The Morgan fingerprint density at radius 1 is 1.14 bits per heavy atom. The van der Waals surface area contributed by atoms with Crippen LogP contribution in [0.3, 0.4) is 0 Å². The zero-order chi connectivity index (χ0) is 15.5. The second kappa shape index (κ2) is 6.46. The molecular weight excluding hydrogens is 284 g/mol. The Kier molecular flexibility index (Phi) is 4.40. The number of likely N-dealkylation sites (tertiary alicyclic amines) is 1. The number of carbonyl (C=O) groups is 3. The quantitative estimate of drug-likeness (QED) is 0.778.